The zero-order valence-electron chi connectivity index (χ0n) is 22.3. The first-order valence-electron chi connectivity index (χ1n) is 12.2. The lowest BCUT2D eigenvalue weighted by molar-refractivity contribution is 0.0373. The Hall–Kier alpha value is -2.97. The average Bonchev–Trinajstić information content (AvgIpc) is 2.85. The van der Waals surface area contributed by atoms with Crippen molar-refractivity contribution in [1.82, 2.24) is 19.1 Å². The highest BCUT2D eigenvalue weighted by atomic mass is 32.2. The number of rotatable bonds is 7. The Bertz CT molecular complexity index is 1270. The van der Waals surface area contributed by atoms with Crippen LogP contribution in [-0.4, -0.2) is 98.1 Å². The third kappa shape index (κ3) is 6.87. The van der Waals surface area contributed by atoms with E-state index in [-0.39, 0.29) is 47.9 Å². The van der Waals surface area contributed by atoms with Crippen LogP contribution in [0.1, 0.15) is 35.3 Å². The van der Waals surface area contributed by atoms with E-state index in [4.69, 9.17) is 4.74 Å². The fourth-order valence-corrected chi connectivity index (χ4v) is 5.11. The van der Waals surface area contributed by atoms with E-state index >= 15 is 0 Å². The number of pyridine rings is 1. The van der Waals surface area contributed by atoms with Gasteiger partial charge in [0.1, 0.15) is 11.7 Å². The fourth-order valence-electron chi connectivity index (χ4n) is 3.93. The van der Waals surface area contributed by atoms with E-state index in [9.17, 15) is 18.3 Å². The van der Waals surface area contributed by atoms with Gasteiger partial charge in [-0.05, 0) is 46.1 Å². The molecular weight excluding hydrogens is 492 g/mol. The number of ether oxygens (including phenoxy) is 1. The van der Waals surface area contributed by atoms with E-state index < -0.39 is 22.2 Å². The van der Waals surface area contributed by atoms with Crippen LogP contribution < -0.4 is 4.74 Å². The van der Waals surface area contributed by atoms with E-state index in [0.717, 1.165) is 5.56 Å². The van der Waals surface area contributed by atoms with Gasteiger partial charge in [0.15, 0.2) is 0 Å². The van der Waals surface area contributed by atoms with Crippen LogP contribution in [0.3, 0.4) is 0 Å². The highest BCUT2D eigenvalue weighted by molar-refractivity contribution is 7.89. The van der Waals surface area contributed by atoms with Gasteiger partial charge in [0.25, 0.3) is 5.91 Å². The van der Waals surface area contributed by atoms with Crippen LogP contribution in [0.2, 0.25) is 0 Å². The highest BCUT2D eigenvalue weighted by Gasteiger charge is 2.35. The lowest BCUT2D eigenvalue weighted by atomic mass is 10.0. The predicted octanol–water partition coefficient (Wildman–Crippen LogP) is 1.84. The summed E-state index contributed by atoms with van der Waals surface area (Å²) in [4.78, 5) is 21.6. The van der Waals surface area contributed by atoms with Gasteiger partial charge in [-0.3, -0.25) is 9.69 Å². The first-order valence-corrected chi connectivity index (χ1v) is 13.6. The lowest BCUT2D eigenvalue weighted by Gasteiger charge is -2.37. The second-order valence-corrected chi connectivity index (χ2v) is 11.9. The summed E-state index contributed by atoms with van der Waals surface area (Å²) in [6.07, 6.45) is 0.952. The molecule has 37 heavy (non-hydrogen) atoms. The quantitative estimate of drug-likeness (QED) is 0.547. The number of carbonyl (C=O) groups excluding carboxylic acids is 1. The Kier molecular flexibility index (Phi) is 9.31. The summed E-state index contributed by atoms with van der Waals surface area (Å²) < 4.78 is 33.9. The van der Waals surface area contributed by atoms with Crippen molar-refractivity contribution in [2.24, 2.45) is 5.92 Å². The van der Waals surface area contributed by atoms with Crippen LogP contribution in [0, 0.1) is 24.7 Å². The number of hydrogen-bond donors (Lipinski definition) is 1. The monoisotopic (exact) mass is 528 g/mol. The van der Waals surface area contributed by atoms with Gasteiger partial charge in [-0.25, -0.2) is 13.4 Å². The minimum absolute atomic E-state index is 0.0540. The van der Waals surface area contributed by atoms with Crippen molar-refractivity contribution in [3.8, 4) is 17.7 Å². The van der Waals surface area contributed by atoms with Crippen molar-refractivity contribution in [2.45, 2.75) is 37.8 Å². The summed E-state index contributed by atoms with van der Waals surface area (Å²) in [6.45, 7) is 6.23. The van der Waals surface area contributed by atoms with Crippen molar-refractivity contribution in [1.29, 1.82) is 0 Å². The molecule has 1 aromatic carbocycles. The molecule has 0 unspecified atom stereocenters. The Labute approximate surface area is 220 Å². The number of aromatic nitrogens is 1. The normalized spacial score (nSPS) is 18.9. The summed E-state index contributed by atoms with van der Waals surface area (Å²) >= 11 is 0. The summed E-state index contributed by atoms with van der Waals surface area (Å²) in [5.41, 5.74) is 1.77. The molecule has 3 rings (SSSR count). The first kappa shape index (κ1) is 28.6. The van der Waals surface area contributed by atoms with Crippen LogP contribution >= 0.6 is 0 Å². The maximum Gasteiger partial charge on any atom is 0.259 e. The Morgan fingerprint density at radius 2 is 1.92 bits per heavy atom. The molecule has 0 saturated heterocycles. The van der Waals surface area contributed by atoms with Crippen LogP contribution in [0.15, 0.2) is 41.4 Å². The lowest BCUT2D eigenvalue weighted by Crippen LogP contribution is -2.50. The number of aryl methyl sites for hydroxylation is 1. The number of carbonyl (C=O) groups is 1. The number of aliphatic hydroxyl groups is 1. The van der Waals surface area contributed by atoms with Crippen molar-refractivity contribution in [2.75, 3.05) is 47.4 Å². The van der Waals surface area contributed by atoms with E-state index in [1.807, 2.05) is 32.8 Å². The molecule has 0 aliphatic carbocycles. The molecular formula is C27H36N4O5S. The molecule has 2 aromatic rings. The molecule has 1 N–H and O–H groups in total. The SMILES string of the molecule is Cc1ccc(S(=O)(=O)N(C)C[C@@H]2Oc3ncc(C#CCN(C)C)cc3C(=O)N([C@H](C)CO)C[C@@H]2C)cc1. The van der Waals surface area contributed by atoms with Gasteiger partial charge in [0, 0.05) is 31.3 Å². The number of sulfonamides is 1. The number of likely N-dealkylation sites (N-methyl/N-ethyl adjacent to an activating group) is 1. The molecule has 0 fully saturated rings. The Balaban J connectivity index is 1.96. The first-order chi connectivity index (χ1) is 17.4. The largest absolute Gasteiger partial charge is 0.472 e. The third-order valence-electron chi connectivity index (χ3n) is 6.32. The molecule has 1 aliphatic rings. The number of hydrogen-bond acceptors (Lipinski definition) is 7. The van der Waals surface area contributed by atoms with E-state index in [1.165, 1.54) is 11.4 Å². The van der Waals surface area contributed by atoms with Crippen LogP contribution in [0.5, 0.6) is 5.88 Å². The second-order valence-electron chi connectivity index (χ2n) is 9.84. The molecule has 0 saturated carbocycles. The van der Waals surface area contributed by atoms with Crippen LogP contribution in [-0.2, 0) is 10.0 Å². The molecule has 0 spiro atoms. The van der Waals surface area contributed by atoms with Gasteiger partial charge >= 0.3 is 0 Å². The van der Waals surface area contributed by atoms with Gasteiger partial charge in [-0.15, -0.1) is 0 Å². The molecule has 200 valence electrons. The number of nitrogens with zero attached hydrogens (tertiary/aromatic N) is 4. The van der Waals surface area contributed by atoms with Crippen molar-refractivity contribution >= 4 is 15.9 Å². The molecule has 1 aliphatic heterocycles. The van der Waals surface area contributed by atoms with Crippen molar-refractivity contribution < 1.29 is 23.1 Å². The molecule has 10 heteroatoms. The maximum absolute atomic E-state index is 13.5. The van der Waals surface area contributed by atoms with Crippen molar-refractivity contribution in [3.63, 3.8) is 0 Å². The zero-order chi connectivity index (χ0) is 27.3. The van der Waals surface area contributed by atoms with Gasteiger partial charge in [0.2, 0.25) is 15.9 Å². The van der Waals surface area contributed by atoms with E-state index in [0.29, 0.717) is 12.1 Å². The van der Waals surface area contributed by atoms with Crippen LogP contribution in [0.25, 0.3) is 0 Å². The molecule has 1 aromatic heterocycles. The Morgan fingerprint density at radius 3 is 2.54 bits per heavy atom. The van der Waals surface area contributed by atoms with Crippen LogP contribution in [0.4, 0.5) is 0 Å². The average molecular weight is 529 g/mol. The highest BCUT2D eigenvalue weighted by Crippen LogP contribution is 2.28. The fraction of sp³-hybridized carbons (Fsp3) is 0.481. The second kappa shape index (κ2) is 12.0. The number of fused-ring (bicyclic) bond motifs is 1. The molecule has 0 bridgehead atoms. The molecule has 3 atom stereocenters. The predicted molar refractivity (Wildman–Crippen MR) is 142 cm³/mol. The summed E-state index contributed by atoms with van der Waals surface area (Å²) in [5, 5.41) is 9.83. The van der Waals surface area contributed by atoms with Gasteiger partial charge in [-0.2, -0.15) is 4.31 Å². The summed E-state index contributed by atoms with van der Waals surface area (Å²) in [7, 11) is 1.58. The standard InChI is InChI=1S/C27H36N4O5S/c1-19-9-11-23(12-10-19)37(34,35)30(6)17-25-20(2)16-31(21(3)18-32)27(33)24-14-22(8-7-13-29(4)5)15-28-26(24)36-25/h9-12,14-15,20-21,25,32H,13,16-18H2,1-6H3/t20-,21+,25-/m0/s1. The minimum Gasteiger partial charge on any atom is -0.472 e. The van der Waals surface area contributed by atoms with Crippen molar-refractivity contribution in [3.05, 3.63) is 53.2 Å². The Morgan fingerprint density at radius 1 is 1.24 bits per heavy atom. The molecule has 9 nitrogen and oxygen atoms in total. The third-order valence-corrected chi connectivity index (χ3v) is 8.15. The van der Waals surface area contributed by atoms with Gasteiger partial charge in [-0.1, -0.05) is 36.5 Å². The zero-order valence-corrected chi connectivity index (χ0v) is 23.1. The van der Waals surface area contributed by atoms with E-state index in [1.54, 1.807) is 48.4 Å². The molecule has 2 heterocycles. The summed E-state index contributed by atoms with van der Waals surface area (Å²) in [6, 6.07) is 7.89. The number of benzene rings is 1. The smallest absolute Gasteiger partial charge is 0.259 e. The molecule has 0 radical (unpaired) electrons. The van der Waals surface area contributed by atoms with Gasteiger partial charge < -0.3 is 14.7 Å². The minimum atomic E-state index is -3.76. The van der Waals surface area contributed by atoms with E-state index in [2.05, 4.69) is 16.8 Å². The topological polar surface area (TPSA) is 103 Å². The number of amides is 1. The summed E-state index contributed by atoms with van der Waals surface area (Å²) in [5.74, 6) is 5.61. The van der Waals surface area contributed by atoms with Gasteiger partial charge in [0.05, 0.1) is 30.6 Å². The maximum atomic E-state index is 13.5. The number of aliphatic hydroxyl groups excluding tert-OH is 1. The molecule has 1 amide bonds.